The van der Waals surface area contributed by atoms with E-state index in [1.165, 1.54) is 12.3 Å². The van der Waals surface area contributed by atoms with E-state index < -0.39 is 11.9 Å². The molecule has 0 fully saturated rings. The summed E-state index contributed by atoms with van der Waals surface area (Å²) in [5.41, 5.74) is -0.0371. The van der Waals surface area contributed by atoms with E-state index in [-0.39, 0.29) is 12.2 Å². The number of hydrogen-bond acceptors (Lipinski definition) is 2. The van der Waals surface area contributed by atoms with Crippen molar-refractivity contribution in [2.45, 2.75) is 6.54 Å². The highest BCUT2D eigenvalue weighted by Crippen LogP contribution is 1.90. The molecule has 0 saturated heterocycles. The molecule has 0 unspecified atom stereocenters. The summed E-state index contributed by atoms with van der Waals surface area (Å²) in [5.74, 6) is -2.21. The minimum absolute atomic E-state index is 0.0371. The van der Waals surface area contributed by atoms with E-state index in [9.17, 15) is 9.59 Å². The first kappa shape index (κ1) is 9.18. The van der Waals surface area contributed by atoms with Gasteiger partial charge in [0, 0.05) is 12.1 Å². The molecule has 0 aliphatic heterocycles. The molecule has 0 spiro atoms. The average Bonchev–Trinajstić information content (AvgIpc) is 2.03. The van der Waals surface area contributed by atoms with Crippen molar-refractivity contribution in [3.05, 3.63) is 30.1 Å². The maximum Gasteiger partial charge on any atom is 0.401 e. The zero-order valence-electron chi connectivity index (χ0n) is 6.67. The molecule has 1 aromatic heterocycles. The van der Waals surface area contributed by atoms with Gasteiger partial charge in [0.15, 0.2) is 6.20 Å². The van der Waals surface area contributed by atoms with E-state index in [4.69, 9.17) is 10.2 Å². The predicted octanol–water partition coefficient (Wildman–Crippen LogP) is -0.243. The Bertz CT molecular complexity index is 348. The number of pyridine rings is 1. The van der Waals surface area contributed by atoms with E-state index in [2.05, 4.69) is 0 Å². The topological polar surface area (TPSA) is 78.5 Å². The molecule has 13 heavy (non-hydrogen) atoms. The van der Waals surface area contributed by atoms with Gasteiger partial charge >= 0.3 is 11.9 Å². The number of aromatic carboxylic acids is 1. The fraction of sp³-hybridized carbons (Fsp3) is 0.125. The standard InChI is InChI=1S/C8H7NO4/c10-7(11)5-9-4-2-1-3-6(9)8(12)13/h1-4H,5H2,(H-,10,11,12,13)/p+1. The monoisotopic (exact) mass is 182 g/mol. The van der Waals surface area contributed by atoms with Crippen molar-refractivity contribution in [1.82, 2.24) is 0 Å². The first-order chi connectivity index (χ1) is 6.11. The van der Waals surface area contributed by atoms with Gasteiger partial charge in [-0.2, -0.15) is 4.57 Å². The van der Waals surface area contributed by atoms with Crippen LogP contribution >= 0.6 is 0 Å². The quantitative estimate of drug-likeness (QED) is 0.632. The van der Waals surface area contributed by atoms with Crippen LogP contribution in [-0.2, 0) is 11.3 Å². The number of hydrogen-bond donors (Lipinski definition) is 2. The van der Waals surface area contributed by atoms with E-state index in [1.807, 2.05) is 0 Å². The fourth-order valence-electron chi connectivity index (χ4n) is 0.954. The summed E-state index contributed by atoms with van der Waals surface area (Å²) in [5, 5.41) is 17.1. The Morgan fingerprint density at radius 2 is 2.00 bits per heavy atom. The minimum atomic E-state index is -1.14. The van der Waals surface area contributed by atoms with Gasteiger partial charge in [-0.1, -0.05) is 0 Å². The van der Waals surface area contributed by atoms with Gasteiger partial charge < -0.3 is 10.2 Å². The summed E-state index contributed by atoms with van der Waals surface area (Å²) in [7, 11) is 0. The Labute approximate surface area is 73.9 Å². The van der Waals surface area contributed by atoms with E-state index in [0.717, 1.165) is 4.57 Å². The predicted molar refractivity (Wildman–Crippen MR) is 41.2 cm³/mol. The number of nitrogens with zero attached hydrogens (tertiary/aromatic N) is 1. The second-order valence-corrected chi connectivity index (χ2v) is 2.41. The zero-order valence-corrected chi connectivity index (χ0v) is 6.67. The highest BCUT2D eigenvalue weighted by molar-refractivity contribution is 5.83. The Hall–Kier alpha value is -1.91. The van der Waals surface area contributed by atoms with Crippen LogP contribution in [0.2, 0.25) is 0 Å². The van der Waals surface area contributed by atoms with Crippen LogP contribution in [0.25, 0.3) is 0 Å². The zero-order chi connectivity index (χ0) is 9.84. The van der Waals surface area contributed by atoms with Crippen molar-refractivity contribution in [1.29, 1.82) is 0 Å². The molecule has 2 N–H and O–H groups in total. The van der Waals surface area contributed by atoms with E-state index >= 15 is 0 Å². The van der Waals surface area contributed by atoms with E-state index in [1.54, 1.807) is 12.1 Å². The third-order valence-electron chi connectivity index (χ3n) is 1.47. The van der Waals surface area contributed by atoms with Gasteiger partial charge in [-0.05, 0) is 6.07 Å². The number of aliphatic carboxylic acids is 1. The molecule has 0 atom stereocenters. The van der Waals surface area contributed by atoms with Gasteiger partial charge in [-0.25, -0.2) is 9.59 Å². The first-order valence-electron chi connectivity index (χ1n) is 3.55. The van der Waals surface area contributed by atoms with Gasteiger partial charge in [0.25, 0.3) is 5.69 Å². The Kier molecular flexibility index (Phi) is 2.59. The van der Waals surface area contributed by atoms with Crippen molar-refractivity contribution < 1.29 is 24.4 Å². The molecule has 1 aromatic rings. The summed E-state index contributed by atoms with van der Waals surface area (Å²) < 4.78 is 1.16. The molecular weight excluding hydrogens is 174 g/mol. The maximum absolute atomic E-state index is 10.6. The lowest BCUT2D eigenvalue weighted by atomic mass is 10.3. The smallest absolute Gasteiger partial charge is 0.401 e. The minimum Gasteiger partial charge on any atom is -0.477 e. The Morgan fingerprint density at radius 3 is 2.54 bits per heavy atom. The number of carboxylic acids is 2. The molecule has 0 aromatic carbocycles. The van der Waals surface area contributed by atoms with Crippen LogP contribution < -0.4 is 4.57 Å². The molecule has 0 aliphatic rings. The lowest BCUT2D eigenvalue weighted by Gasteiger charge is -1.95. The van der Waals surface area contributed by atoms with Crippen LogP contribution in [-0.4, -0.2) is 22.2 Å². The molecule has 5 heteroatoms. The van der Waals surface area contributed by atoms with Crippen molar-refractivity contribution in [2.75, 3.05) is 0 Å². The van der Waals surface area contributed by atoms with Gasteiger partial charge in [-0.15, -0.1) is 0 Å². The third-order valence-corrected chi connectivity index (χ3v) is 1.47. The number of carbonyl (C=O) groups is 2. The van der Waals surface area contributed by atoms with Crippen molar-refractivity contribution in [3.8, 4) is 0 Å². The molecular formula is C8H8NO4+. The van der Waals surface area contributed by atoms with Crippen molar-refractivity contribution >= 4 is 11.9 Å². The number of rotatable bonds is 3. The van der Waals surface area contributed by atoms with Crippen LogP contribution in [0, 0.1) is 0 Å². The van der Waals surface area contributed by atoms with Crippen molar-refractivity contribution in [3.63, 3.8) is 0 Å². The summed E-state index contributed by atoms with van der Waals surface area (Å²) in [6, 6.07) is 4.47. The summed E-state index contributed by atoms with van der Waals surface area (Å²) in [6.45, 7) is -0.345. The van der Waals surface area contributed by atoms with Gasteiger partial charge in [0.1, 0.15) is 0 Å². The lowest BCUT2D eigenvalue weighted by Crippen LogP contribution is -2.43. The molecule has 5 nitrogen and oxygen atoms in total. The van der Waals surface area contributed by atoms with Crippen LogP contribution in [0.1, 0.15) is 10.5 Å². The normalized spacial score (nSPS) is 9.54. The second-order valence-electron chi connectivity index (χ2n) is 2.41. The van der Waals surface area contributed by atoms with Crippen LogP contribution in [0.3, 0.4) is 0 Å². The molecule has 1 heterocycles. The molecule has 0 amide bonds. The molecule has 0 aliphatic carbocycles. The largest absolute Gasteiger partial charge is 0.477 e. The highest BCUT2D eigenvalue weighted by atomic mass is 16.4. The summed E-state index contributed by atoms with van der Waals surface area (Å²) >= 11 is 0. The maximum atomic E-state index is 10.6. The third kappa shape index (κ3) is 2.26. The lowest BCUT2D eigenvalue weighted by molar-refractivity contribution is -0.688. The van der Waals surface area contributed by atoms with Crippen molar-refractivity contribution in [2.24, 2.45) is 0 Å². The second kappa shape index (κ2) is 3.66. The number of aromatic nitrogens is 1. The van der Waals surface area contributed by atoms with Crippen LogP contribution in [0.15, 0.2) is 24.4 Å². The van der Waals surface area contributed by atoms with Crippen LogP contribution in [0.4, 0.5) is 0 Å². The first-order valence-corrected chi connectivity index (χ1v) is 3.55. The molecule has 0 saturated carbocycles. The highest BCUT2D eigenvalue weighted by Gasteiger charge is 2.18. The average molecular weight is 182 g/mol. The molecule has 0 radical (unpaired) electrons. The van der Waals surface area contributed by atoms with Gasteiger partial charge in [0.05, 0.1) is 0 Å². The summed E-state index contributed by atoms with van der Waals surface area (Å²) in [6.07, 6.45) is 1.41. The number of carboxylic acid groups (broad SMARTS) is 2. The Balaban J connectivity index is 3.04. The SMILES string of the molecule is O=C(O)C[n+]1ccccc1C(=O)O. The van der Waals surface area contributed by atoms with Gasteiger partial charge in [0.2, 0.25) is 6.54 Å². The molecule has 0 bridgehead atoms. The van der Waals surface area contributed by atoms with Gasteiger partial charge in [-0.3, -0.25) is 0 Å². The van der Waals surface area contributed by atoms with E-state index in [0.29, 0.717) is 0 Å². The molecule has 1 rings (SSSR count). The molecule has 68 valence electrons. The fourth-order valence-corrected chi connectivity index (χ4v) is 0.954. The Morgan fingerprint density at radius 1 is 1.31 bits per heavy atom. The summed E-state index contributed by atoms with van der Waals surface area (Å²) in [4.78, 5) is 20.9. The van der Waals surface area contributed by atoms with Crippen LogP contribution in [0.5, 0.6) is 0 Å².